The van der Waals surface area contributed by atoms with E-state index in [1.807, 2.05) is 4.90 Å². The molecule has 1 atom stereocenters. The van der Waals surface area contributed by atoms with Crippen LogP contribution in [0.1, 0.15) is 27.9 Å². The molecule has 3 aliphatic heterocycles. The van der Waals surface area contributed by atoms with Gasteiger partial charge >= 0.3 is 0 Å². The molecule has 1 saturated heterocycles. The van der Waals surface area contributed by atoms with Gasteiger partial charge in [-0.15, -0.1) is 0 Å². The normalized spacial score (nSPS) is 24.1. The minimum Gasteiger partial charge on any atom is -0.478 e. The monoisotopic (exact) mass is 415 g/mol. The Balaban J connectivity index is 1.47. The molecule has 5 rings (SSSR count). The number of nitrogens with zero attached hydrogens (tertiary/aromatic N) is 1. The Bertz CT molecular complexity index is 1160. The minimum absolute atomic E-state index is 0.0547. The van der Waals surface area contributed by atoms with Crippen LogP contribution >= 0.6 is 0 Å². The topological polar surface area (TPSA) is 72.9 Å². The summed E-state index contributed by atoms with van der Waals surface area (Å²) in [5.74, 6) is 0.607. The summed E-state index contributed by atoms with van der Waals surface area (Å²) in [6.45, 7) is 0.719. The number of hydrogen-bond donors (Lipinski definition) is 0. The van der Waals surface area contributed by atoms with Crippen LogP contribution in [-0.2, 0) is 16.4 Å². The maximum Gasteiger partial charge on any atom is 0.231 e. The second kappa shape index (κ2) is 6.67. The van der Waals surface area contributed by atoms with Gasteiger partial charge in [-0.05, 0) is 30.7 Å². The number of sulfone groups is 1. The Kier molecular flexibility index (Phi) is 4.22. The number of ether oxygens (including phenoxy) is 2. The molecule has 150 valence electrons. The van der Waals surface area contributed by atoms with Crippen LogP contribution in [0.15, 0.2) is 42.2 Å². The van der Waals surface area contributed by atoms with E-state index < -0.39 is 15.7 Å². The molecule has 6 nitrogen and oxygen atoms in total. The van der Waals surface area contributed by atoms with Crippen molar-refractivity contribution in [2.45, 2.75) is 19.0 Å². The van der Waals surface area contributed by atoms with Gasteiger partial charge in [-0.1, -0.05) is 18.2 Å². The number of benzene rings is 2. The van der Waals surface area contributed by atoms with Gasteiger partial charge in [0.2, 0.25) is 5.78 Å². The fraction of sp³-hybridized carbons (Fsp3) is 0.286. The van der Waals surface area contributed by atoms with Crippen molar-refractivity contribution in [1.82, 2.24) is 4.90 Å². The molecule has 0 saturated carbocycles. The van der Waals surface area contributed by atoms with Gasteiger partial charge in [-0.2, -0.15) is 0 Å². The molecule has 0 amide bonds. The number of fused-ring (bicyclic) bond motifs is 3. The quantitative estimate of drug-likeness (QED) is 0.703. The van der Waals surface area contributed by atoms with Crippen molar-refractivity contribution in [1.29, 1.82) is 0 Å². The van der Waals surface area contributed by atoms with Crippen LogP contribution in [0.25, 0.3) is 6.08 Å². The largest absolute Gasteiger partial charge is 0.478 e. The van der Waals surface area contributed by atoms with Crippen molar-refractivity contribution in [2.75, 3.05) is 18.2 Å². The highest BCUT2D eigenvalue weighted by atomic mass is 32.2. The van der Waals surface area contributed by atoms with Gasteiger partial charge in [0.25, 0.3) is 0 Å². The van der Waals surface area contributed by atoms with Crippen LogP contribution in [-0.4, -0.2) is 43.4 Å². The van der Waals surface area contributed by atoms with Crippen molar-refractivity contribution in [3.05, 3.63) is 64.7 Å². The van der Waals surface area contributed by atoms with E-state index in [0.717, 1.165) is 0 Å². The number of Topliss-reactive ketones (excluding diaryl/α,β-unsaturated/α-hetero) is 1. The van der Waals surface area contributed by atoms with Gasteiger partial charge in [0.15, 0.2) is 15.6 Å². The summed E-state index contributed by atoms with van der Waals surface area (Å²) in [7, 11) is -3.02. The maximum absolute atomic E-state index is 14.0. The highest BCUT2D eigenvalue weighted by molar-refractivity contribution is 7.91. The predicted octanol–water partition coefficient (Wildman–Crippen LogP) is 2.78. The smallest absolute Gasteiger partial charge is 0.231 e. The lowest BCUT2D eigenvalue weighted by Crippen LogP contribution is -2.41. The Morgan fingerprint density at radius 1 is 1.17 bits per heavy atom. The van der Waals surface area contributed by atoms with Crippen LogP contribution in [0.2, 0.25) is 0 Å². The first-order valence-electron chi connectivity index (χ1n) is 9.33. The zero-order valence-electron chi connectivity index (χ0n) is 15.4. The van der Waals surface area contributed by atoms with Crippen LogP contribution in [0.4, 0.5) is 4.39 Å². The van der Waals surface area contributed by atoms with Crippen LogP contribution in [0.5, 0.6) is 11.5 Å². The summed E-state index contributed by atoms with van der Waals surface area (Å²) in [6, 6.07) is 9.42. The molecule has 0 bridgehead atoms. The SMILES string of the molecule is O=C1/C(=C\c2ccccc2F)Oc2c1ccc1c2CN(C2CCS(=O)(=O)C2)CO1. The standard InChI is InChI=1S/C21H18FNO5S/c22-17-4-2-1-3-13(17)9-19-20(24)15-5-6-18-16(21(15)28-19)10-23(12-27-18)14-7-8-29(25,26)11-14/h1-6,9,14H,7-8,10-12H2/b19-9+. The molecule has 1 unspecified atom stereocenters. The fourth-order valence-electron chi connectivity index (χ4n) is 4.01. The van der Waals surface area contributed by atoms with Gasteiger partial charge in [-0.25, -0.2) is 12.8 Å². The van der Waals surface area contributed by atoms with Gasteiger partial charge in [0, 0.05) is 18.2 Å². The van der Waals surface area contributed by atoms with Crippen molar-refractivity contribution < 1.29 is 27.1 Å². The van der Waals surface area contributed by atoms with Crippen molar-refractivity contribution in [3.8, 4) is 11.5 Å². The summed E-state index contributed by atoms with van der Waals surface area (Å²) in [5.41, 5.74) is 1.38. The highest BCUT2D eigenvalue weighted by Gasteiger charge is 2.38. The van der Waals surface area contributed by atoms with E-state index in [1.165, 1.54) is 12.1 Å². The van der Waals surface area contributed by atoms with E-state index in [4.69, 9.17) is 9.47 Å². The molecule has 0 N–H and O–H groups in total. The first-order valence-corrected chi connectivity index (χ1v) is 11.2. The number of rotatable bonds is 2. The van der Waals surface area contributed by atoms with Gasteiger partial charge in [0.05, 0.1) is 22.6 Å². The molecule has 2 aromatic carbocycles. The number of halogens is 1. The fourth-order valence-corrected chi connectivity index (χ4v) is 5.77. The van der Waals surface area contributed by atoms with Gasteiger partial charge in [-0.3, -0.25) is 9.69 Å². The van der Waals surface area contributed by atoms with Crippen molar-refractivity contribution >= 4 is 21.7 Å². The molecule has 0 radical (unpaired) electrons. The van der Waals surface area contributed by atoms with E-state index in [1.54, 1.807) is 30.3 Å². The molecule has 2 aromatic rings. The van der Waals surface area contributed by atoms with E-state index in [-0.39, 0.29) is 41.4 Å². The Morgan fingerprint density at radius 3 is 2.76 bits per heavy atom. The average Bonchev–Trinajstić information content (AvgIpc) is 3.23. The molecule has 29 heavy (non-hydrogen) atoms. The zero-order chi connectivity index (χ0) is 20.2. The predicted molar refractivity (Wildman–Crippen MR) is 104 cm³/mol. The van der Waals surface area contributed by atoms with Crippen LogP contribution in [0.3, 0.4) is 0 Å². The van der Waals surface area contributed by atoms with E-state index in [9.17, 15) is 17.6 Å². The second-order valence-corrected chi connectivity index (χ2v) is 9.69. The number of hydrogen-bond acceptors (Lipinski definition) is 6. The van der Waals surface area contributed by atoms with E-state index in [0.29, 0.717) is 35.6 Å². The average molecular weight is 415 g/mol. The summed E-state index contributed by atoms with van der Waals surface area (Å²) < 4.78 is 49.3. The number of carbonyl (C=O) groups is 1. The summed E-state index contributed by atoms with van der Waals surface area (Å²) in [6.07, 6.45) is 1.96. The number of carbonyl (C=O) groups excluding carboxylic acids is 1. The maximum atomic E-state index is 14.0. The van der Waals surface area contributed by atoms with E-state index >= 15 is 0 Å². The Morgan fingerprint density at radius 2 is 2.00 bits per heavy atom. The third-order valence-corrected chi connectivity index (χ3v) is 7.31. The van der Waals surface area contributed by atoms with Crippen molar-refractivity contribution in [3.63, 3.8) is 0 Å². The molecule has 3 aliphatic rings. The molecule has 3 heterocycles. The Labute approximate surface area is 167 Å². The highest BCUT2D eigenvalue weighted by Crippen LogP contribution is 2.42. The molecule has 8 heteroatoms. The minimum atomic E-state index is -3.02. The zero-order valence-corrected chi connectivity index (χ0v) is 16.2. The molecule has 0 spiro atoms. The lowest BCUT2D eigenvalue weighted by molar-refractivity contribution is 0.0634. The van der Waals surface area contributed by atoms with Gasteiger partial charge < -0.3 is 9.47 Å². The van der Waals surface area contributed by atoms with Crippen molar-refractivity contribution in [2.24, 2.45) is 0 Å². The molecule has 1 fully saturated rings. The lowest BCUT2D eigenvalue weighted by Gasteiger charge is -2.33. The summed E-state index contributed by atoms with van der Waals surface area (Å²) >= 11 is 0. The molecular formula is C21H18FNO5S. The summed E-state index contributed by atoms with van der Waals surface area (Å²) in [5, 5.41) is 0. The second-order valence-electron chi connectivity index (χ2n) is 7.46. The van der Waals surface area contributed by atoms with E-state index in [2.05, 4.69) is 0 Å². The molecule has 0 aliphatic carbocycles. The van der Waals surface area contributed by atoms with Crippen LogP contribution in [0, 0.1) is 5.82 Å². The first-order chi connectivity index (χ1) is 13.9. The third kappa shape index (κ3) is 3.22. The Hall–Kier alpha value is -2.71. The van der Waals surface area contributed by atoms with Gasteiger partial charge in [0.1, 0.15) is 24.0 Å². The van der Waals surface area contributed by atoms with Crippen LogP contribution < -0.4 is 9.47 Å². The first kappa shape index (κ1) is 18.3. The molecule has 0 aromatic heterocycles. The third-order valence-electron chi connectivity index (χ3n) is 5.56. The number of allylic oxidation sites excluding steroid dienone is 1. The lowest BCUT2D eigenvalue weighted by atomic mass is 10.0. The number of ketones is 1. The molecular weight excluding hydrogens is 397 g/mol. The summed E-state index contributed by atoms with van der Waals surface area (Å²) in [4.78, 5) is 14.7.